The number of halogens is 1. The van der Waals surface area contributed by atoms with E-state index in [-0.39, 0.29) is 16.0 Å². The molecule has 37 heavy (non-hydrogen) atoms. The second kappa shape index (κ2) is 7.74. The summed E-state index contributed by atoms with van der Waals surface area (Å²) in [6, 6.07) is 33.4. The van der Waals surface area contributed by atoms with Gasteiger partial charge in [0.1, 0.15) is 0 Å². The molecule has 0 saturated carbocycles. The maximum absolute atomic E-state index is 11.8. The molecule has 6 aromatic rings. The van der Waals surface area contributed by atoms with Gasteiger partial charge in [0.25, 0.3) is 5.69 Å². The topological polar surface area (TPSA) is 43.1 Å². The summed E-state index contributed by atoms with van der Waals surface area (Å²) in [5.41, 5.74) is 6.25. The number of nitrogens with zero attached hydrogens (tertiary/aromatic N) is 1. The maximum Gasteiger partial charge on any atom is 0.277 e. The van der Waals surface area contributed by atoms with Crippen molar-refractivity contribution in [3.05, 3.63) is 123 Å². The van der Waals surface area contributed by atoms with Crippen molar-refractivity contribution in [3.63, 3.8) is 0 Å². The van der Waals surface area contributed by atoms with Crippen LogP contribution in [0.5, 0.6) is 0 Å². The van der Waals surface area contributed by atoms with Crippen LogP contribution >= 0.6 is 15.9 Å². The van der Waals surface area contributed by atoms with Crippen LogP contribution in [0.15, 0.2) is 102 Å². The van der Waals surface area contributed by atoms with Crippen molar-refractivity contribution in [2.24, 2.45) is 0 Å². The average Bonchev–Trinajstić information content (AvgIpc) is 3.13. The van der Waals surface area contributed by atoms with Gasteiger partial charge in [-0.15, -0.1) is 0 Å². The fraction of sp³-hybridized carbons (Fsp3) is 0.0909. The van der Waals surface area contributed by atoms with Crippen molar-refractivity contribution in [1.29, 1.82) is 0 Å². The third-order valence-electron chi connectivity index (χ3n) is 8.01. The Labute approximate surface area is 222 Å². The second-order valence-electron chi connectivity index (χ2n) is 10.3. The summed E-state index contributed by atoms with van der Waals surface area (Å²) >= 11 is 3.49. The third kappa shape index (κ3) is 3.12. The Bertz CT molecular complexity index is 1950. The van der Waals surface area contributed by atoms with Crippen molar-refractivity contribution in [2.45, 2.75) is 19.3 Å². The molecular formula is C33H22BrNO2. The van der Waals surface area contributed by atoms with Gasteiger partial charge >= 0.3 is 0 Å². The molecule has 7 rings (SSSR count). The molecule has 0 aromatic heterocycles. The minimum Gasteiger partial charge on any atom is -0.258 e. The summed E-state index contributed by atoms with van der Waals surface area (Å²) in [6.07, 6.45) is 0. The molecule has 0 N–H and O–H groups in total. The van der Waals surface area contributed by atoms with E-state index < -0.39 is 0 Å². The summed E-state index contributed by atoms with van der Waals surface area (Å²) < 4.78 is 0.821. The van der Waals surface area contributed by atoms with E-state index in [2.05, 4.69) is 103 Å². The Morgan fingerprint density at radius 1 is 0.622 bits per heavy atom. The first-order valence-electron chi connectivity index (χ1n) is 12.3. The molecule has 1 aliphatic rings. The van der Waals surface area contributed by atoms with E-state index in [4.69, 9.17) is 0 Å². The lowest BCUT2D eigenvalue weighted by atomic mass is 9.80. The Hall–Kier alpha value is -4.02. The molecule has 0 radical (unpaired) electrons. The number of nitro groups is 1. The highest BCUT2D eigenvalue weighted by Gasteiger charge is 2.36. The molecule has 0 aliphatic heterocycles. The number of rotatable bonds is 2. The molecule has 0 heterocycles. The van der Waals surface area contributed by atoms with E-state index in [1.54, 1.807) is 12.1 Å². The fourth-order valence-electron chi connectivity index (χ4n) is 6.20. The van der Waals surface area contributed by atoms with Crippen LogP contribution in [0, 0.1) is 10.1 Å². The quantitative estimate of drug-likeness (QED) is 0.124. The predicted molar refractivity (Wildman–Crippen MR) is 156 cm³/mol. The lowest BCUT2D eigenvalue weighted by Gasteiger charge is -2.23. The van der Waals surface area contributed by atoms with Gasteiger partial charge in [0.2, 0.25) is 0 Å². The molecule has 0 saturated heterocycles. The number of hydrogen-bond donors (Lipinski definition) is 0. The molecule has 0 bridgehead atoms. The Kier molecular flexibility index (Phi) is 4.64. The van der Waals surface area contributed by atoms with E-state index in [1.807, 2.05) is 12.1 Å². The van der Waals surface area contributed by atoms with Crippen molar-refractivity contribution in [1.82, 2.24) is 0 Å². The van der Waals surface area contributed by atoms with Crippen LogP contribution in [0.25, 0.3) is 54.6 Å². The van der Waals surface area contributed by atoms with E-state index in [0.29, 0.717) is 5.56 Å². The predicted octanol–water partition coefficient (Wildman–Crippen LogP) is 9.79. The SMILES string of the molecule is CC1(C)c2cc(-c3cc(Br)ccc3[N+](=O)[O-])ccc2-c2cc3c4ccccc4c4ccccc4c3cc21. The second-order valence-corrected chi connectivity index (χ2v) is 11.3. The van der Waals surface area contributed by atoms with Gasteiger partial charge in [-0.05, 0) is 90.5 Å². The largest absolute Gasteiger partial charge is 0.277 e. The molecule has 0 spiro atoms. The van der Waals surface area contributed by atoms with Crippen molar-refractivity contribution in [3.8, 4) is 22.3 Å². The van der Waals surface area contributed by atoms with E-state index >= 15 is 0 Å². The highest BCUT2D eigenvalue weighted by Crippen LogP contribution is 2.52. The van der Waals surface area contributed by atoms with Crippen LogP contribution < -0.4 is 0 Å². The summed E-state index contributed by atoms with van der Waals surface area (Å²) in [6.45, 7) is 4.51. The van der Waals surface area contributed by atoms with Crippen LogP contribution in [-0.4, -0.2) is 4.92 Å². The van der Waals surface area contributed by atoms with Gasteiger partial charge in [-0.25, -0.2) is 0 Å². The average molecular weight is 544 g/mol. The minimum atomic E-state index is -0.308. The maximum atomic E-state index is 11.8. The molecule has 0 amide bonds. The summed E-state index contributed by atoms with van der Waals surface area (Å²) in [7, 11) is 0. The smallest absolute Gasteiger partial charge is 0.258 e. The molecule has 0 atom stereocenters. The normalized spacial score (nSPS) is 13.7. The lowest BCUT2D eigenvalue weighted by Crippen LogP contribution is -2.15. The van der Waals surface area contributed by atoms with Gasteiger partial charge in [-0.1, -0.05) is 90.4 Å². The molecule has 4 heteroatoms. The van der Waals surface area contributed by atoms with Gasteiger partial charge in [0, 0.05) is 16.0 Å². The van der Waals surface area contributed by atoms with Crippen molar-refractivity contribution < 1.29 is 4.92 Å². The molecule has 0 unspecified atom stereocenters. The highest BCUT2D eigenvalue weighted by atomic mass is 79.9. The van der Waals surface area contributed by atoms with Crippen molar-refractivity contribution >= 4 is 53.9 Å². The Morgan fingerprint density at radius 3 is 1.81 bits per heavy atom. The number of nitro benzene ring substituents is 1. The Balaban J connectivity index is 1.53. The van der Waals surface area contributed by atoms with Crippen LogP contribution in [0.4, 0.5) is 5.69 Å². The Morgan fingerprint density at radius 2 is 1.19 bits per heavy atom. The van der Waals surface area contributed by atoms with Gasteiger partial charge in [-0.2, -0.15) is 0 Å². The minimum absolute atomic E-state index is 0.111. The van der Waals surface area contributed by atoms with E-state index in [9.17, 15) is 10.1 Å². The first-order valence-corrected chi connectivity index (χ1v) is 13.1. The van der Waals surface area contributed by atoms with Crippen molar-refractivity contribution in [2.75, 3.05) is 0 Å². The zero-order chi connectivity index (χ0) is 25.5. The molecular weight excluding hydrogens is 522 g/mol. The summed E-state index contributed by atoms with van der Waals surface area (Å²) in [5.74, 6) is 0. The fourth-order valence-corrected chi connectivity index (χ4v) is 6.56. The van der Waals surface area contributed by atoms with E-state index in [0.717, 1.165) is 10.0 Å². The number of benzene rings is 6. The van der Waals surface area contributed by atoms with Gasteiger partial charge in [-0.3, -0.25) is 10.1 Å². The van der Waals surface area contributed by atoms with Gasteiger partial charge < -0.3 is 0 Å². The first-order chi connectivity index (χ1) is 17.8. The van der Waals surface area contributed by atoms with Crippen LogP contribution in [0.3, 0.4) is 0 Å². The van der Waals surface area contributed by atoms with E-state index in [1.165, 1.54) is 54.6 Å². The summed E-state index contributed by atoms with van der Waals surface area (Å²) in [5, 5.41) is 19.3. The molecule has 6 aromatic carbocycles. The molecule has 3 nitrogen and oxygen atoms in total. The third-order valence-corrected chi connectivity index (χ3v) is 8.50. The summed E-state index contributed by atoms with van der Waals surface area (Å²) in [4.78, 5) is 11.5. The molecule has 178 valence electrons. The standard InChI is InChI=1S/C33H22BrNO2/c1-33(2)30-15-19(26-16-20(34)12-14-32(26)35(36)37)11-13-25(30)29-17-27-23-9-5-3-7-21(23)22-8-4-6-10-24(22)28(27)18-31(29)33/h3-18H,1-2H3. The van der Waals surface area contributed by atoms with Crippen LogP contribution in [-0.2, 0) is 5.41 Å². The monoisotopic (exact) mass is 543 g/mol. The highest BCUT2D eigenvalue weighted by molar-refractivity contribution is 9.10. The zero-order valence-electron chi connectivity index (χ0n) is 20.4. The van der Waals surface area contributed by atoms with Gasteiger partial charge in [0.15, 0.2) is 0 Å². The lowest BCUT2D eigenvalue weighted by molar-refractivity contribution is -0.384. The first kappa shape index (κ1) is 22.2. The van der Waals surface area contributed by atoms with Crippen LogP contribution in [0.1, 0.15) is 25.0 Å². The van der Waals surface area contributed by atoms with Crippen LogP contribution in [0.2, 0.25) is 0 Å². The number of hydrogen-bond acceptors (Lipinski definition) is 2. The van der Waals surface area contributed by atoms with Gasteiger partial charge in [0.05, 0.1) is 10.5 Å². The zero-order valence-corrected chi connectivity index (χ0v) is 22.0. The molecule has 0 fully saturated rings. The number of fused-ring (bicyclic) bond motifs is 9. The molecule has 1 aliphatic carbocycles.